The molecule has 0 aromatic heterocycles. The monoisotopic (exact) mass is 185 g/mol. The van der Waals surface area contributed by atoms with E-state index in [9.17, 15) is 0 Å². The summed E-state index contributed by atoms with van der Waals surface area (Å²) in [4.78, 5) is 4.02. The molecular formula is C12H13N2. The molecule has 0 aliphatic carbocycles. The molecular weight excluding hydrogens is 172 g/mol. The molecule has 1 atom stereocenters. The van der Waals surface area contributed by atoms with Crippen molar-refractivity contribution < 1.29 is 0 Å². The lowest BCUT2D eigenvalue weighted by Gasteiger charge is -2.12. The van der Waals surface area contributed by atoms with E-state index < -0.39 is 0 Å². The van der Waals surface area contributed by atoms with Crippen LogP contribution < -0.4 is 5.32 Å². The van der Waals surface area contributed by atoms with Crippen LogP contribution in [0, 0.1) is 0 Å². The van der Waals surface area contributed by atoms with Gasteiger partial charge in [0.05, 0.1) is 0 Å². The fraction of sp³-hybridized carbons (Fsp3) is 0.250. The van der Waals surface area contributed by atoms with E-state index in [2.05, 4.69) is 22.4 Å². The largest absolute Gasteiger partial charge is 0.269 e. The van der Waals surface area contributed by atoms with Crippen molar-refractivity contribution in [3.63, 3.8) is 0 Å². The molecule has 0 fully saturated rings. The summed E-state index contributed by atoms with van der Waals surface area (Å²) >= 11 is 0. The summed E-state index contributed by atoms with van der Waals surface area (Å²) in [6.45, 7) is 0.795. The molecule has 2 rings (SSSR count). The molecule has 0 bridgehead atoms. The van der Waals surface area contributed by atoms with Gasteiger partial charge in [-0.3, -0.25) is 4.99 Å². The van der Waals surface area contributed by atoms with Crippen LogP contribution in [-0.4, -0.2) is 12.3 Å². The topological polar surface area (TPSA) is 26.5 Å². The van der Waals surface area contributed by atoms with Crippen molar-refractivity contribution in [2.45, 2.75) is 19.0 Å². The lowest BCUT2D eigenvalue weighted by Crippen LogP contribution is -2.21. The Labute approximate surface area is 84.4 Å². The van der Waals surface area contributed by atoms with E-state index in [0.29, 0.717) is 6.04 Å². The summed E-state index contributed by atoms with van der Waals surface area (Å²) < 4.78 is 0. The maximum atomic E-state index is 4.58. The van der Waals surface area contributed by atoms with E-state index >= 15 is 0 Å². The van der Waals surface area contributed by atoms with E-state index in [4.69, 9.17) is 0 Å². The van der Waals surface area contributed by atoms with Gasteiger partial charge in [0.2, 0.25) is 0 Å². The van der Waals surface area contributed by atoms with Crippen LogP contribution in [-0.2, 0) is 6.54 Å². The number of benzene rings is 1. The van der Waals surface area contributed by atoms with Crippen molar-refractivity contribution >= 4 is 6.21 Å². The van der Waals surface area contributed by atoms with Gasteiger partial charge in [0.25, 0.3) is 0 Å². The van der Waals surface area contributed by atoms with Crippen LogP contribution in [0.1, 0.15) is 12.0 Å². The smallest absolute Gasteiger partial charge is 0.0497 e. The third-order valence-corrected chi connectivity index (χ3v) is 2.20. The van der Waals surface area contributed by atoms with Gasteiger partial charge in [-0.2, -0.15) is 0 Å². The van der Waals surface area contributed by atoms with E-state index in [1.807, 2.05) is 36.7 Å². The van der Waals surface area contributed by atoms with Crippen LogP contribution in [0.5, 0.6) is 0 Å². The van der Waals surface area contributed by atoms with Crippen LogP contribution in [0.2, 0.25) is 0 Å². The quantitative estimate of drug-likeness (QED) is 0.690. The van der Waals surface area contributed by atoms with Crippen LogP contribution in [0.25, 0.3) is 0 Å². The van der Waals surface area contributed by atoms with Crippen molar-refractivity contribution in [3.05, 3.63) is 48.2 Å². The fourth-order valence-corrected chi connectivity index (χ4v) is 1.40. The van der Waals surface area contributed by atoms with Crippen LogP contribution in [0.15, 0.2) is 47.6 Å². The molecule has 0 spiro atoms. The first-order chi connectivity index (χ1) is 6.95. The molecule has 2 heteroatoms. The third-order valence-electron chi connectivity index (χ3n) is 2.20. The molecule has 1 aromatic carbocycles. The minimum absolute atomic E-state index is 0.313. The molecule has 1 aliphatic rings. The van der Waals surface area contributed by atoms with Crippen molar-refractivity contribution in [2.24, 2.45) is 4.99 Å². The lowest BCUT2D eigenvalue weighted by atomic mass is 10.1. The number of hydrogen-bond donors (Lipinski definition) is 0. The van der Waals surface area contributed by atoms with Gasteiger partial charge in [0.15, 0.2) is 0 Å². The number of aliphatic imine (C=N–C) groups is 1. The van der Waals surface area contributed by atoms with E-state index in [1.54, 1.807) is 0 Å². The highest BCUT2D eigenvalue weighted by molar-refractivity contribution is 5.60. The van der Waals surface area contributed by atoms with Gasteiger partial charge in [0.1, 0.15) is 0 Å². The third kappa shape index (κ3) is 2.54. The maximum Gasteiger partial charge on any atom is 0.0497 e. The van der Waals surface area contributed by atoms with Gasteiger partial charge < -0.3 is 0 Å². The lowest BCUT2D eigenvalue weighted by molar-refractivity contribution is 0.593. The highest BCUT2D eigenvalue weighted by Gasteiger charge is 2.05. The second kappa shape index (κ2) is 4.72. The maximum absolute atomic E-state index is 4.58. The van der Waals surface area contributed by atoms with Gasteiger partial charge in [-0.1, -0.05) is 30.3 Å². The standard InChI is InChI=1S/C12H13N2/c1-2-4-11(5-3-1)10-14-12-6-8-13-9-7-12/h1-6,8-9,12H,7,10H2. The minimum Gasteiger partial charge on any atom is -0.269 e. The zero-order chi connectivity index (χ0) is 9.64. The Hall–Kier alpha value is -1.41. The Morgan fingerprint density at radius 3 is 2.86 bits per heavy atom. The molecule has 2 nitrogen and oxygen atoms in total. The second-order valence-electron chi connectivity index (χ2n) is 3.30. The Balaban J connectivity index is 1.83. The fourth-order valence-electron chi connectivity index (χ4n) is 1.40. The van der Waals surface area contributed by atoms with E-state index in [1.165, 1.54) is 5.56 Å². The zero-order valence-electron chi connectivity index (χ0n) is 8.00. The molecule has 0 amide bonds. The van der Waals surface area contributed by atoms with Gasteiger partial charge in [-0.25, -0.2) is 5.32 Å². The predicted octanol–water partition coefficient (Wildman–Crippen LogP) is 2.15. The van der Waals surface area contributed by atoms with E-state index in [0.717, 1.165) is 13.0 Å². The van der Waals surface area contributed by atoms with Crippen LogP contribution in [0.4, 0.5) is 0 Å². The average Bonchev–Trinajstić information content (AvgIpc) is 2.29. The first-order valence-electron chi connectivity index (χ1n) is 4.84. The number of rotatable bonds is 3. The predicted molar refractivity (Wildman–Crippen MR) is 58.3 cm³/mol. The molecule has 14 heavy (non-hydrogen) atoms. The number of hydrogen-bond acceptors (Lipinski definition) is 1. The van der Waals surface area contributed by atoms with Crippen LogP contribution >= 0.6 is 0 Å². The first kappa shape index (κ1) is 9.16. The molecule has 0 saturated heterocycles. The molecule has 1 aromatic rings. The van der Waals surface area contributed by atoms with Crippen molar-refractivity contribution in [3.8, 4) is 0 Å². The normalized spacial score (nSPS) is 19.9. The van der Waals surface area contributed by atoms with Crippen molar-refractivity contribution in [2.75, 3.05) is 0 Å². The summed E-state index contributed by atoms with van der Waals surface area (Å²) in [7, 11) is 0. The average molecular weight is 185 g/mol. The SMILES string of the molecule is C1=CC([N]Cc2ccccc2)CC=N1. The second-order valence-corrected chi connectivity index (χ2v) is 3.30. The Morgan fingerprint density at radius 2 is 2.14 bits per heavy atom. The summed E-state index contributed by atoms with van der Waals surface area (Å²) in [5, 5.41) is 4.58. The summed E-state index contributed by atoms with van der Waals surface area (Å²) in [5.74, 6) is 0. The van der Waals surface area contributed by atoms with Crippen molar-refractivity contribution in [1.29, 1.82) is 0 Å². The molecule has 1 radical (unpaired) electrons. The zero-order valence-corrected chi connectivity index (χ0v) is 8.00. The molecule has 1 unspecified atom stereocenters. The summed E-state index contributed by atoms with van der Waals surface area (Å²) in [5.41, 5.74) is 1.27. The molecule has 1 aliphatic heterocycles. The summed E-state index contributed by atoms with van der Waals surface area (Å²) in [6, 6.07) is 10.6. The Morgan fingerprint density at radius 1 is 1.29 bits per heavy atom. The minimum atomic E-state index is 0.313. The van der Waals surface area contributed by atoms with Crippen molar-refractivity contribution in [1.82, 2.24) is 5.32 Å². The Bertz CT molecular complexity index is 327. The van der Waals surface area contributed by atoms with Gasteiger partial charge in [-0.15, -0.1) is 0 Å². The molecule has 71 valence electrons. The highest BCUT2D eigenvalue weighted by Crippen LogP contribution is 2.04. The molecule has 0 saturated carbocycles. The highest BCUT2D eigenvalue weighted by atomic mass is 14.9. The summed E-state index contributed by atoms with van der Waals surface area (Å²) in [6.07, 6.45) is 6.72. The van der Waals surface area contributed by atoms with E-state index in [-0.39, 0.29) is 0 Å². The van der Waals surface area contributed by atoms with Gasteiger partial charge >= 0.3 is 0 Å². The van der Waals surface area contributed by atoms with Gasteiger partial charge in [0, 0.05) is 31.4 Å². The van der Waals surface area contributed by atoms with Crippen LogP contribution in [0.3, 0.4) is 0 Å². The Kier molecular flexibility index (Phi) is 3.09. The molecule has 1 heterocycles. The van der Waals surface area contributed by atoms with Gasteiger partial charge in [-0.05, 0) is 11.6 Å². The molecule has 0 N–H and O–H groups in total. The number of nitrogens with zero attached hydrogens (tertiary/aromatic N) is 2. The first-order valence-corrected chi connectivity index (χ1v) is 4.84.